The number of benzene rings is 2. The average molecular weight is 336 g/mol. The molecule has 0 unspecified atom stereocenters. The standard InChI is InChI=1S/C17H12N4O2S/c1-21-12-8-4-2-6-10(12)15(22)14(20-21)16(23)19-17-18-11-7-3-5-9-13(11)24-17/h2-9H,1H3,(H,18,19,23). The fourth-order valence-corrected chi connectivity index (χ4v) is 3.42. The number of carbonyl (C=O) groups is 1. The third-order valence-corrected chi connectivity index (χ3v) is 4.64. The number of aryl methyl sites for hydroxylation is 1. The van der Waals surface area contributed by atoms with Gasteiger partial charge in [-0.3, -0.25) is 19.6 Å². The van der Waals surface area contributed by atoms with E-state index in [0.29, 0.717) is 16.0 Å². The molecular formula is C17H12N4O2S. The summed E-state index contributed by atoms with van der Waals surface area (Å²) >= 11 is 1.35. The molecule has 0 bridgehead atoms. The molecule has 6 nitrogen and oxygen atoms in total. The first kappa shape index (κ1) is 14.5. The lowest BCUT2D eigenvalue weighted by Gasteiger charge is -2.07. The largest absolute Gasteiger partial charge is 0.296 e. The highest BCUT2D eigenvalue weighted by Gasteiger charge is 2.17. The van der Waals surface area contributed by atoms with E-state index in [1.54, 1.807) is 25.2 Å². The van der Waals surface area contributed by atoms with Gasteiger partial charge in [0.2, 0.25) is 5.43 Å². The van der Waals surface area contributed by atoms with Gasteiger partial charge in [0.15, 0.2) is 10.8 Å². The van der Waals surface area contributed by atoms with Crippen molar-refractivity contribution in [3.8, 4) is 0 Å². The molecule has 4 aromatic rings. The highest BCUT2D eigenvalue weighted by molar-refractivity contribution is 7.22. The molecule has 0 aliphatic carbocycles. The second-order valence-electron chi connectivity index (χ2n) is 5.26. The Hall–Kier alpha value is -3.06. The zero-order valence-corrected chi connectivity index (χ0v) is 13.5. The Bertz CT molecular complexity index is 1110. The molecule has 118 valence electrons. The summed E-state index contributed by atoms with van der Waals surface area (Å²) in [6, 6.07) is 14.7. The number of carbonyl (C=O) groups excluding carboxylic acids is 1. The number of hydrogen-bond acceptors (Lipinski definition) is 5. The normalized spacial score (nSPS) is 11.0. The maximum absolute atomic E-state index is 12.5. The van der Waals surface area contributed by atoms with Crippen molar-refractivity contribution in [1.29, 1.82) is 0 Å². The number of aromatic nitrogens is 3. The molecule has 0 saturated heterocycles. The van der Waals surface area contributed by atoms with Crippen LogP contribution in [0.25, 0.3) is 21.1 Å². The van der Waals surface area contributed by atoms with Crippen molar-refractivity contribution < 1.29 is 4.79 Å². The number of anilines is 1. The van der Waals surface area contributed by atoms with Gasteiger partial charge in [0, 0.05) is 12.4 Å². The smallest absolute Gasteiger partial charge is 0.281 e. The summed E-state index contributed by atoms with van der Waals surface area (Å²) < 4.78 is 2.50. The predicted octanol–water partition coefficient (Wildman–Crippen LogP) is 2.80. The van der Waals surface area contributed by atoms with E-state index in [4.69, 9.17) is 0 Å². The fourth-order valence-electron chi connectivity index (χ4n) is 2.56. The van der Waals surface area contributed by atoms with Crippen molar-refractivity contribution in [1.82, 2.24) is 14.8 Å². The topological polar surface area (TPSA) is 76.9 Å². The average Bonchev–Trinajstić information content (AvgIpc) is 3.00. The monoisotopic (exact) mass is 336 g/mol. The first-order valence-corrected chi connectivity index (χ1v) is 8.08. The number of fused-ring (bicyclic) bond motifs is 2. The third-order valence-electron chi connectivity index (χ3n) is 3.69. The van der Waals surface area contributed by atoms with Gasteiger partial charge in [0.25, 0.3) is 5.91 Å². The number of nitrogens with one attached hydrogen (secondary N) is 1. The zero-order chi connectivity index (χ0) is 16.7. The molecule has 24 heavy (non-hydrogen) atoms. The maximum atomic E-state index is 12.5. The SMILES string of the molecule is Cn1nc(C(=O)Nc2nc3ccccc3s2)c(=O)c2ccccc21. The van der Waals surface area contributed by atoms with Crippen LogP contribution in [0.4, 0.5) is 5.13 Å². The molecule has 2 heterocycles. The van der Waals surface area contributed by atoms with Crippen LogP contribution in [0, 0.1) is 0 Å². The minimum absolute atomic E-state index is 0.143. The highest BCUT2D eigenvalue weighted by atomic mass is 32.1. The fraction of sp³-hybridized carbons (Fsp3) is 0.0588. The van der Waals surface area contributed by atoms with Crippen molar-refractivity contribution in [2.45, 2.75) is 0 Å². The maximum Gasteiger partial charge on any atom is 0.281 e. The molecular weight excluding hydrogens is 324 g/mol. The second kappa shape index (κ2) is 5.54. The minimum atomic E-state index is -0.555. The first-order chi connectivity index (χ1) is 11.6. The molecule has 0 atom stereocenters. The lowest BCUT2D eigenvalue weighted by molar-refractivity contribution is 0.101. The van der Waals surface area contributed by atoms with Gasteiger partial charge < -0.3 is 0 Å². The second-order valence-corrected chi connectivity index (χ2v) is 6.29. The molecule has 2 aromatic heterocycles. The van der Waals surface area contributed by atoms with Crippen molar-refractivity contribution in [2.24, 2.45) is 7.05 Å². The summed E-state index contributed by atoms with van der Waals surface area (Å²) in [5, 5.41) is 7.70. The summed E-state index contributed by atoms with van der Waals surface area (Å²) in [4.78, 5) is 29.4. The molecule has 1 amide bonds. The molecule has 0 radical (unpaired) electrons. The van der Waals surface area contributed by atoms with Crippen LogP contribution in [-0.2, 0) is 7.05 Å². The zero-order valence-electron chi connectivity index (χ0n) is 12.7. The van der Waals surface area contributed by atoms with Crippen molar-refractivity contribution in [3.05, 3.63) is 64.4 Å². The van der Waals surface area contributed by atoms with Crippen molar-refractivity contribution in [2.75, 3.05) is 5.32 Å². The van der Waals surface area contributed by atoms with Crippen LogP contribution in [0.5, 0.6) is 0 Å². The van der Waals surface area contributed by atoms with Gasteiger partial charge in [-0.1, -0.05) is 35.6 Å². The Morgan fingerprint density at radius 2 is 1.88 bits per heavy atom. The Balaban J connectivity index is 1.75. The summed E-state index contributed by atoms with van der Waals surface area (Å²) in [5.41, 5.74) is 0.953. The van der Waals surface area contributed by atoms with Gasteiger partial charge in [-0.2, -0.15) is 5.10 Å². The van der Waals surface area contributed by atoms with Crippen LogP contribution in [0.2, 0.25) is 0 Å². The molecule has 1 N–H and O–H groups in total. The lowest BCUT2D eigenvalue weighted by atomic mass is 10.2. The van der Waals surface area contributed by atoms with E-state index < -0.39 is 5.91 Å². The van der Waals surface area contributed by atoms with Crippen molar-refractivity contribution in [3.63, 3.8) is 0 Å². The van der Waals surface area contributed by atoms with Gasteiger partial charge in [-0.15, -0.1) is 0 Å². The van der Waals surface area contributed by atoms with Crippen LogP contribution in [0.3, 0.4) is 0 Å². The van der Waals surface area contributed by atoms with Crippen LogP contribution < -0.4 is 10.7 Å². The van der Waals surface area contributed by atoms with E-state index in [0.717, 1.165) is 10.2 Å². The summed E-state index contributed by atoms with van der Waals surface area (Å²) in [7, 11) is 1.70. The number of hydrogen-bond donors (Lipinski definition) is 1. The molecule has 4 rings (SSSR count). The summed E-state index contributed by atoms with van der Waals surface area (Å²) in [5.74, 6) is -0.555. The van der Waals surface area contributed by atoms with Crippen LogP contribution in [-0.4, -0.2) is 20.7 Å². The van der Waals surface area contributed by atoms with E-state index >= 15 is 0 Å². The Kier molecular flexibility index (Phi) is 3.35. The van der Waals surface area contributed by atoms with E-state index in [1.165, 1.54) is 16.0 Å². The molecule has 0 spiro atoms. The van der Waals surface area contributed by atoms with Crippen LogP contribution in [0.15, 0.2) is 53.3 Å². The minimum Gasteiger partial charge on any atom is -0.296 e. The van der Waals surface area contributed by atoms with Crippen LogP contribution in [0.1, 0.15) is 10.5 Å². The third kappa shape index (κ3) is 2.35. The van der Waals surface area contributed by atoms with Crippen LogP contribution >= 0.6 is 11.3 Å². The Morgan fingerprint density at radius 3 is 2.71 bits per heavy atom. The van der Waals surface area contributed by atoms with Gasteiger partial charge in [0.1, 0.15) is 0 Å². The molecule has 0 fully saturated rings. The highest BCUT2D eigenvalue weighted by Crippen LogP contribution is 2.25. The van der Waals surface area contributed by atoms with E-state index in [1.807, 2.05) is 30.3 Å². The number of nitrogens with zero attached hydrogens (tertiary/aromatic N) is 3. The molecule has 0 aliphatic rings. The van der Waals surface area contributed by atoms with E-state index in [-0.39, 0.29) is 11.1 Å². The van der Waals surface area contributed by atoms with Gasteiger partial charge >= 0.3 is 0 Å². The Morgan fingerprint density at radius 1 is 1.12 bits per heavy atom. The van der Waals surface area contributed by atoms with Gasteiger partial charge in [0.05, 0.1) is 15.7 Å². The lowest BCUT2D eigenvalue weighted by Crippen LogP contribution is -2.26. The molecule has 0 aliphatic heterocycles. The first-order valence-electron chi connectivity index (χ1n) is 7.26. The number of thiazole rings is 1. The Labute approximate surface area is 140 Å². The molecule has 0 saturated carbocycles. The molecule has 2 aromatic carbocycles. The van der Waals surface area contributed by atoms with Gasteiger partial charge in [-0.05, 0) is 24.3 Å². The van der Waals surface area contributed by atoms with E-state index in [2.05, 4.69) is 15.4 Å². The summed E-state index contributed by atoms with van der Waals surface area (Å²) in [6.07, 6.45) is 0. The molecule has 7 heteroatoms. The number of para-hydroxylation sites is 2. The quantitative estimate of drug-likeness (QED) is 0.611. The number of amides is 1. The van der Waals surface area contributed by atoms with Crippen molar-refractivity contribution >= 4 is 43.5 Å². The van der Waals surface area contributed by atoms with Gasteiger partial charge in [-0.25, -0.2) is 4.98 Å². The summed E-state index contributed by atoms with van der Waals surface area (Å²) in [6.45, 7) is 0. The predicted molar refractivity (Wildman–Crippen MR) is 94.6 cm³/mol. The van der Waals surface area contributed by atoms with E-state index in [9.17, 15) is 9.59 Å². The number of rotatable bonds is 2.